The first-order chi connectivity index (χ1) is 8.26. The minimum absolute atomic E-state index is 0.00455. The summed E-state index contributed by atoms with van der Waals surface area (Å²) in [5.74, 6) is 0. The van der Waals surface area contributed by atoms with Crippen LogP contribution in [0.3, 0.4) is 0 Å². The standard InChI is InChI=1S/C12H16ClNO3/c13-11-3-1-2-9(7-15)12(11)14-4-5-17-10(6-14)8-16/h1-3,10,15-16H,4-8H2. The quantitative estimate of drug-likeness (QED) is 0.849. The van der Waals surface area contributed by atoms with Crippen molar-refractivity contribution in [1.29, 1.82) is 0 Å². The molecule has 1 unspecified atom stereocenters. The summed E-state index contributed by atoms with van der Waals surface area (Å²) in [6, 6.07) is 5.48. The molecule has 0 amide bonds. The van der Waals surface area contributed by atoms with Gasteiger partial charge in [-0.1, -0.05) is 23.7 Å². The van der Waals surface area contributed by atoms with E-state index >= 15 is 0 Å². The van der Waals surface area contributed by atoms with Crippen molar-refractivity contribution in [2.24, 2.45) is 0 Å². The molecular weight excluding hydrogens is 242 g/mol. The van der Waals surface area contributed by atoms with Gasteiger partial charge in [-0.3, -0.25) is 0 Å². The topological polar surface area (TPSA) is 52.9 Å². The average molecular weight is 258 g/mol. The Labute approximate surface area is 105 Å². The molecule has 0 saturated carbocycles. The van der Waals surface area contributed by atoms with Crippen LogP contribution < -0.4 is 4.90 Å². The van der Waals surface area contributed by atoms with Crippen molar-refractivity contribution in [3.8, 4) is 0 Å². The Morgan fingerprint density at radius 3 is 2.94 bits per heavy atom. The molecule has 1 fully saturated rings. The second-order valence-electron chi connectivity index (χ2n) is 4.03. The van der Waals surface area contributed by atoms with Crippen molar-refractivity contribution in [1.82, 2.24) is 0 Å². The van der Waals surface area contributed by atoms with E-state index in [0.717, 1.165) is 11.3 Å². The molecular formula is C12H16ClNO3. The Hall–Kier alpha value is -0.810. The van der Waals surface area contributed by atoms with Gasteiger partial charge in [0.25, 0.3) is 0 Å². The Bertz CT molecular complexity index is 386. The summed E-state index contributed by atoms with van der Waals surface area (Å²) in [5.41, 5.74) is 1.65. The minimum atomic E-state index is -0.188. The number of anilines is 1. The maximum absolute atomic E-state index is 9.33. The Morgan fingerprint density at radius 2 is 2.24 bits per heavy atom. The number of benzene rings is 1. The first-order valence-electron chi connectivity index (χ1n) is 5.62. The Kier molecular flexibility index (Phi) is 4.23. The van der Waals surface area contributed by atoms with E-state index in [2.05, 4.69) is 4.90 Å². The molecule has 0 aliphatic carbocycles. The van der Waals surface area contributed by atoms with Gasteiger partial charge in [0.1, 0.15) is 0 Å². The normalized spacial score (nSPS) is 20.6. The van der Waals surface area contributed by atoms with Crippen LogP contribution in [0.15, 0.2) is 18.2 Å². The zero-order chi connectivity index (χ0) is 12.3. The molecule has 0 aromatic heterocycles. The van der Waals surface area contributed by atoms with E-state index in [1.54, 1.807) is 6.07 Å². The molecule has 17 heavy (non-hydrogen) atoms. The molecule has 0 bridgehead atoms. The first kappa shape index (κ1) is 12.6. The van der Waals surface area contributed by atoms with Crippen LogP contribution in [0, 0.1) is 0 Å². The lowest BCUT2D eigenvalue weighted by atomic mass is 10.1. The van der Waals surface area contributed by atoms with E-state index in [-0.39, 0.29) is 19.3 Å². The first-order valence-corrected chi connectivity index (χ1v) is 5.99. The molecule has 0 radical (unpaired) electrons. The zero-order valence-electron chi connectivity index (χ0n) is 9.47. The summed E-state index contributed by atoms with van der Waals surface area (Å²) in [6.07, 6.45) is -0.188. The molecule has 94 valence electrons. The Morgan fingerprint density at radius 1 is 1.41 bits per heavy atom. The molecule has 1 heterocycles. The second-order valence-corrected chi connectivity index (χ2v) is 4.43. The van der Waals surface area contributed by atoms with E-state index in [0.29, 0.717) is 24.7 Å². The minimum Gasteiger partial charge on any atom is -0.394 e. The molecule has 5 heteroatoms. The fourth-order valence-electron chi connectivity index (χ4n) is 2.07. The summed E-state index contributed by atoms with van der Waals surface area (Å²) in [4.78, 5) is 2.05. The number of hydrogen-bond acceptors (Lipinski definition) is 4. The third kappa shape index (κ3) is 2.72. The number of aliphatic hydroxyl groups excluding tert-OH is 2. The van der Waals surface area contributed by atoms with Crippen LogP contribution in [0.2, 0.25) is 5.02 Å². The van der Waals surface area contributed by atoms with Gasteiger partial charge < -0.3 is 19.8 Å². The van der Waals surface area contributed by atoms with Gasteiger partial charge in [0.05, 0.1) is 36.6 Å². The van der Waals surface area contributed by atoms with E-state index in [1.807, 2.05) is 12.1 Å². The van der Waals surface area contributed by atoms with Gasteiger partial charge in [-0.2, -0.15) is 0 Å². The van der Waals surface area contributed by atoms with Crippen molar-refractivity contribution < 1.29 is 14.9 Å². The van der Waals surface area contributed by atoms with Crippen LogP contribution in [0.25, 0.3) is 0 Å². The molecule has 2 rings (SSSR count). The predicted molar refractivity (Wildman–Crippen MR) is 66.4 cm³/mol. The average Bonchev–Trinajstić information content (AvgIpc) is 2.38. The summed E-state index contributed by atoms with van der Waals surface area (Å²) in [5, 5.41) is 19.1. The van der Waals surface area contributed by atoms with Crippen molar-refractivity contribution in [2.75, 3.05) is 31.2 Å². The number of hydrogen-bond donors (Lipinski definition) is 2. The second kappa shape index (κ2) is 5.69. The number of morpholine rings is 1. The van der Waals surface area contributed by atoms with Crippen molar-refractivity contribution in [3.63, 3.8) is 0 Å². The summed E-state index contributed by atoms with van der Waals surface area (Å²) >= 11 is 6.18. The number of para-hydroxylation sites is 1. The Balaban J connectivity index is 2.26. The molecule has 1 aromatic carbocycles. The van der Waals surface area contributed by atoms with Crippen molar-refractivity contribution in [2.45, 2.75) is 12.7 Å². The van der Waals surface area contributed by atoms with Gasteiger partial charge in [0.2, 0.25) is 0 Å². The molecule has 2 N–H and O–H groups in total. The van der Waals surface area contributed by atoms with E-state index in [9.17, 15) is 5.11 Å². The van der Waals surface area contributed by atoms with Gasteiger partial charge >= 0.3 is 0 Å². The molecule has 1 aliphatic rings. The number of halogens is 1. The monoisotopic (exact) mass is 257 g/mol. The van der Waals surface area contributed by atoms with Crippen LogP contribution in [0.1, 0.15) is 5.56 Å². The van der Waals surface area contributed by atoms with Crippen LogP contribution in [0.5, 0.6) is 0 Å². The highest BCUT2D eigenvalue weighted by Gasteiger charge is 2.23. The van der Waals surface area contributed by atoms with Crippen molar-refractivity contribution >= 4 is 17.3 Å². The lowest BCUT2D eigenvalue weighted by molar-refractivity contribution is 0.00348. The van der Waals surface area contributed by atoms with Crippen molar-refractivity contribution in [3.05, 3.63) is 28.8 Å². The summed E-state index contributed by atoms with van der Waals surface area (Å²) < 4.78 is 5.39. The molecule has 1 aliphatic heterocycles. The molecule has 1 aromatic rings. The lowest BCUT2D eigenvalue weighted by Crippen LogP contribution is -2.44. The maximum atomic E-state index is 9.33. The summed E-state index contributed by atoms with van der Waals surface area (Å²) in [7, 11) is 0. The number of aliphatic hydroxyl groups is 2. The van der Waals surface area contributed by atoms with Gasteiger partial charge in [-0.25, -0.2) is 0 Å². The SMILES string of the molecule is OCc1cccc(Cl)c1N1CCOC(CO)C1. The zero-order valence-corrected chi connectivity index (χ0v) is 10.2. The van der Waals surface area contributed by atoms with Gasteiger partial charge in [-0.05, 0) is 6.07 Å². The molecule has 1 atom stereocenters. The van der Waals surface area contributed by atoms with Crippen LogP contribution in [-0.4, -0.2) is 42.6 Å². The molecule has 1 saturated heterocycles. The third-order valence-electron chi connectivity index (χ3n) is 2.90. The predicted octanol–water partition coefficient (Wildman–Crippen LogP) is 1.03. The largest absolute Gasteiger partial charge is 0.394 e. The van der Waals surface area contributed by atoms with Crippen LogP contribution in [-0.2, 0) is 11.3 Å². The summed E-state index contributed by atoms with van der Waals surface area (Å²) in [6.45, 7) is 1.81. The van der Waals surface area contributed by atoms with Gasteiger partial charge in [0.15, 0.2) is 0 Å². The van der Waals surface area contributed by atoms with Gasteiger partial charge in [0, 0.05) is 18.7 Å². The highest BCUT2D eigenvalue weighted by molar-refractivity contribution is 6.33. The highest BCUT2D eigenvalue weighted by atomic mass is 35.5. The van der Waals surface area contributed by atoms with E-state index < -0.39 is 0 Å². The molecule has 4 nitrogen and oxygen atoms in total. The van der Waals surface area contributed by atoms with E-state index in [4.69, 9.17) is 21.4 Å². The fourth-order valence-corrected chi connectivity index (χ4v) is 2.39. The number of ether oxygens (including phenoxy) is 1. The maximum Gasteiger partial charge on any atom is 0.0980 e. The van der Waals surface area contributed by atoms with Crippen LogP contribution >= 0.6 is 11.6 Å². The van der Waals surface area contributed by atoms with Crippen LogP contribution in [0.4, 0.5) is 5.69 Å². The molecule has 0 spiro atoms. The third-order valence-corrected chi connectivity index (χ3v) is 3.20. The highest BCUT2D eigenvalue weighted by Crippen LogP contribution is 2.31. The number of rotatable bonds is 3. The number of nitrogens with zero attached hydrogens (tertiary/aromatic N) is 1. The van der Waals surface area contributed by atoms with E-state index in [1.165, 1.54) is 0 Å². The fraction of sp³-hybridized carbons (Fsp3) is 0.500. The lowest BCUT2D eigenvalue weighted by Gasteiger charge is -2.35. The van der Waals surface area contributed by atoms with Gasteiger partial charge in [-0.15, -0.1) is 0 Å². The smallest absolute Gasteiger partial charge is 0.0980 e.